The molecule has 4 aromatic rings. The second-order valence-electron chi connectivity index (χ2n) is 9.26. The number of rotatable bonds is 3. The molecule has 4 heterocycles. The number of imidazole rings is 1. The Morgan fingerprint density at radius 1 is 0.848 bits per heavy atom. The number of anilines is 1. The largest absolute Gasteiger partial charge is 0.352 e. The lowest BCUT2D eigenvalue weighted by atomic mass is 10.0. The van der Waals surface area contributed by atoms with Crippen molar-refractivity contribution >= 4 is 17.0 Å². The van der Waals surface area contributed by atoms with E-state index in [2.05, 4.69) is 35.6 Å². The highest BCUT2D eigenvalue weighted by molar-refractivity contribution is 5.81. The van der Waals surface area contributed by atoms with Crippen LogP contribution in [0, 0.1) is 11.6 Å². The van der Waals surface area contributed by atoms with E-state index in [1.54, 1.807) is 24.5 Å². The molecule has 0 unspecified atom stereocenters. The van der Waals surface area contributed by atoms with Crippen LogP contribution in [0.1, 0.15) is 20.8 Å². The van der Waals surface area contributed by atoms with Gasteiger partial charge in [-0.25, -0.2) is 18.7 Å². The first-order chi connectivity index (χ1) is 15.8. The molecular formula is C25H26F2N6. The predicted octanol–water partition coefficient (Wildman–Crippen LogP) is 4.68. The Balaban J connectivity index is 1.62. The summed E-state index contributed by atoms with van der Waals surface area (Å²) in [5, 5.41) is 0. The lowest BCUT2D eigenvalue weighted by Gasteiger charge is -2.42. The van der Waals surface area contributed by atoms with Gasteiger partial charge in [0.05, 0.1) is 5.69 Å². The first-order valence-corrected chi connectivity index (χ1v) is 11.1. The van der Waals surface area contributed by atoms with Gasteiger partial charge in [-0.05, 0) is 57.2 Å². The van der Waals surface area contributed by atoms with Crippen molar-refractivity contribution in [2.75, 3.05) is 31.1 Å². The van der Waals surface area contributed by atoms with Crippen LogP contribution >= 0.6 is 0 Å². The molecule has 6 nitrogen and oxygen atoms in total. The molecule has 0 amide bonds. The van der Waals surface area contributed by atoms with Crippen molar-refractivity contribution in [1.29, 1.82) is 0 Å². The molecular weight excluding hydrogens is 422 g/mol. The standard InChI is InChI=1S/C25H26F2N6/c1-25(2,3)32-14-12-31(13-15-32)23-20(27)16-21-24(30-23)33(19-8-10-28-11-9-19)22(29-21)17-4-6-18(26)7-5-17/h4-11,16H,12-15H2,1-3H3. The maximum atomic E-state index is 15.2. The van der Waals surface area contributed by atoms with Crippen LogP contribution in [-0.2, 0) is 0 Å². The number of nitrogens with zero attached hydrogens (tertiary/aromatic N) is 6. The summed E-state index contributed by atoms with van der Waals surface area (Å²) in [6, 6.07) is 11.2. The molecule has 3 aromatic heterocycles. The highest BCUT2D eigenvalue weighted by Crippen LogP contribution is 2.31. The van der Waals surface area contributed by atoms with Crippen molar-refractivity contribution in [3.05, 3.63) is 66.5 Å². The van der Waals surface area contributed by atoms with Crippen LogP contribution < -0.4 is 4.90 Å². The summed E-state index contributed by atoms with van der Waals surface area (Å²) in [6.07, 6.45) is 3.37. The van der Waals surface area contributed by atoms with E-state index < -0.39 is 5.82 Å². The third-order valence-corrected chi connectivity index (χ3v) is 6.12. The first kappa shape index (κ1) is 21.5. The van der Waals surface area contributed by atoms with Crippen LogP contribution in [0.2, 0.25) is 0 Å². The smallest absolute Gasteiger partial charge is 0.167 e. The average molecular weight is 449 g/mol. The Bertz CT molecular complexity index is 1270. The minimum atomic E-state index is -0.392. The van der Waals surface area contributed by atoms with E-state index >= 15 is 4.39 Å². The second kappa shape index (κ2) is 8.19. The third-order valence-electron chi connectivity index (χ3n) is 6.12. The van der Waals surface area contributed by atoms with Crippen molar-refractivity contribution in [3.63, 3.8) is 0 Å². The number of piperazine rings is 1. The minimum absolute atomic E-state index is 0.0754. The maximum Gasteiger partial charge on any atom is 0.167 e. The number of benzene rings is 1. The quantitative estimate of drug-likeness (QED) is 0.456. The number of hydrogen-bond acceptors (Lipinski definition) is 5. The third kappa shape index (κ3) is 4.06. The Hall–Kier alpha value is -3.39. The summed E-state index contributed by atoms with van der Waals surface area (Å²) >= 11 is 0. The highest BCUT2D eigenvalue weighted by atomic mass is 19.1. The van der Waals surface area contributed by atoms with Crippen LogP contribution in [0.3, 0.4) is 0 Å². The van der Waals surface area contributed by atoms with E-state index in [-0.39, 0.29) is 11.4 Å². The fourth-order valence-corrected chi connectivity index (χ4v) is 4.31. The molecule has 33 heavy (non-hydrogen) atoms. The van der Waals surface area contributed by atoms with E-state index in [1.165, 1.54) is 18.2 Å². The number of halogens is 2. The van der Waals surface area contributed by atoms with Gasteiger partial charge < -0.3 is 4.90 Å². The van der Waals surface area contributed by atoms with Crippen LogP contribution in [0.25, 0.3) is 28.2 Å². The number of aromatic nitrogens is 4. The maximum absolute atomic E-state index is 15.2. The lowest BCUT2D eigenvalue weighted by Crippen LogP contribution is -2.53. The topological polar surface area (TPSA) is 50.1 Å². The van der Waals surface area contributed by atoms with Gasteiger partial charge in [0.2, 0.25) is 0 Å². The van der Waals surface area contributed by atoms with Crippen molar-refractivity contribution in [3.8, 4) is 17.1 Å². The zero-order valence-electron chi connectivity index (χ0n) is 19.0. The van der Waals surface area contributed by atoms with Crippen LogP contribution in [0.5, 0.6) is 0 Å². The molecule has 0 radical (unpaired) electrons. The Kier molecular flexibility index (Phi) is 5.32. The molecule has 1 fully saturated rings. The molecule has 0 bridgehead atoms. The zero-order valence-corrected chi connectivity index (χ0v) is 19.0. The van der Waals surface area contributed by atoms with Crippen molar-refractivity contribution < 1.29 is 8.78 Å². The van der Waals surface area contributed by atoms with Crippen LogP contribution in [0.4, 0.5) is 14.6 Å². The number of fused-ring (bicyclic) bond motifs is 1. The van der Waals surface area contributed by atoms with E-state index in [0.717, 1.165) is 18.8 Å². The molecule has 5 rings (SSSR count). The molecule has 1 aromatic carbocycles. The molecule has 8 heteroatoms. The predicted molar refractivity (Wildman–Crippen MR) is 126 cm³/mol. The van der Waals surface area contributed by atoms with Gasteiger partial charge >= 0.3 is 0 Å². The summed E-state index contributed by atoms with van der Waals surface area (Å²) in [6.45, 7) is 9.65. The van der Waals surface area contributed by atoms with Gasteiger partial charge in [0, 0.05) is 55.7 Å². The molecule has 170 valence electrons. The van der Waals surface area contributed by atoms with E-state index in [9.17, 15) is 4.39 Å². The second-order valence-corrected chi connectivity index (χ2v) is 9.26. The summed E-state index contributed by atoms with van der Waals surface area (Å²) in [7, 11) is 0. The SMILES string of the molecule is CC(C)(C)N1CCN(c2nc3c(cc2F)nc(-c2ccc(F)cc2)n3-c2ccncc2)CC1. The lowest BCUT2D eigenvalue weighted by molar-refractivity contribution is 0.128. The summed E-state index contributed by atoms with van der Waals surface area (Å²) in [5.74, 6) is 0.178. The molecule has 0 aliphatic carbocycles. The zero-order chi connectivity index (χ0) is 23.2. The van der Waals surface area contributed by atoms with Gasteiger partial charge in [-0.15, -0.1) is 0 Å². The number of hydrogen-bond donors (Lipinski definition) is 0. The fraction of sp³-hybridized carbons (Fsp3) is 0.320. The average Bonchev–Trinajstić information content (AvgIpc) is 3.17. The highest BCUT2D eigenvalue weighted by Gasteiger charge is 2.28. The van der Waals surface area contributed by atoms with E-state index in [1.807, 2.05) is 21.6 Å². The molecule has 0 N–H and O–H groups in total. The van der Waals surface area contributed by atoms with Crippen LogP contribution in [0.15, 0.2) is 54.9 Å². The van der Waals surface area contributed by atoms with Crippen molar-refractivity contribution in [2.24, 2.45) is 0 Å². The monoisotopic (exact) mass is 448 g/mol. The molecule has 1 aliphatic heterocycles. The van der Waals surface area contributed by atoms with Gasteiger partial charge in [0.15, 0.2) is 17.3 Å². The van der Waals surface area contributed by atoms with Gasteiger partial charge in [-0.2, -0.15) is 0 Å². The van der Waals surface area contributed by atoms with Gasteiger partial charge in [0.25, 0.3) is 0 Å². The van der Waals surface area contributed by atoms with Gasteiger partial charge in [0.1, 0.15) is 17.2 Å². The molecule has 1 aliphatic rings. The fourth-order valence-electron chi connectivity index (χ4n) is 4.31. The van der Waals surface area contributed by atoms with E-state index in [4.69, 9.17) is 4.98 Å². The Labute approximate surface area is 191 Å². The van der Waals surface area contributed by atoms with Crippen LogP contribution in [-0.4, -0.2) is 56.1 Å². The number of pyridine rings is 2. The van der Waals surface area contributed by atoms with Gasteiger partial charge in [-0.1, -0.05) is 0 Å². The molecule has 1 saturated heterocycles. The van der Waals surface area contributed by atoms with Crippen molar-refractivity contribution in [1.82, 2.24) is 24.4 Å². The first-order valence-electron chi connectivity index (χ1n) is 11.1. The Morgan fingerprint density at radius 3 is 2.15 bits per heavy atom. The minimum Gasteiger partial charge on any atom is -0.352 e. The summed E-state index contributed by atoms with van der Waals surface area (Å²) < 4.78 is 30.6. The van der Waals surface area contributed by atoms with Crippen molar-refractivity contribution in [2.45, 2.75) is 26.3 Å². The van der Waals surface area contributed by atoms with Gasteiger partial charge in [-0.3, -0.25) is 14.5 Å². The normalized spacial score (nSPS) is 15.4. The van der Waals surface area contributed by atoms with E-state index in [0.29, 0.717) is 41.5 Å². The molecule has 0 atom stereocenters. The summed E-state index contributed by atoms with van der Waals surface area (Å²) in [5.41, 5.74) is 2.59. The summed E-state index contributed by atoms with van der Waals surface area (Å²) in [4.78, 5) is 17.9. The molecule has 0 spiro atoms. The Morgan fingerprint density at radius 2 is 1.52 bits per heavy atom. The molecule has 0 saturated carbocycles.